The molecule has 0 saturated carbocycles. The van der Waals surface area contributed by atoms with Crippen molar-refractivity contribution in [1.82, 2.24) is 10.4 Å². The van der Waals surface area contributed by atoms with Gasteiger partial charge in [-0.2, -0.15) is 0 Å². The molecular formula is C31H26N2O5. The number of benzene rings is 4. The van der Waals surface area contributed by atoms with E-state index in [-0.39, 0.29) is 17.7 Å². The highest BCUT2D eigenvalue weighted by molar-refractivity contribution is 6.20. The maximum absolute atomic E-state index is 13.1. The van der Waals surface area contributed by atoms with Crippen LogP contribution in [-0.2, 0) is 19.9 Å². The van der Waals surface area contributed by atoms with Gasteiger partial charge < -0.3 is 4.74 Å². The Bertz CT molecular complexity index is 1310. The SMILES string of the molecule is COC(=O)[C@@H](CON1C(=O)c2ccccc2C1=O)NC(c1ccccc1)(c1ccccc1)c1ccccc1. The summed E-state index contributed by atoms with van der Waals surface area (Å²) < 4.78 is 5.13. The van der Waals surface area contributed by atoms with E-state index in [1.54, 1.807) is 24.3 Å². The molecule has 4 aromatic carbocycles. The van der Waals surface area contributed by atoms with Crippen LogP contribution in [0.25, 0.3) is 0 Å². The lowest BCUT2D eigenvalue weighted by Crippen LogP contribution is -2.55. The van der Waals surface area contributed by atoms with Crippen molar-refractivity contribution in [2.45, 2.75) is 11.6 Å². The Morgan fingerprint density at radius 2 is 1.11 bits per heavy atom. The third-order valence-electron chi connectivity index (χ3n) is 6.62. The fourth-order valence-corrected chi connectivity index (χ4v) is 4.82. The van der Waals surface area contributed by atoms with E-state index in [0.717, 1.165) is 16.7 Å². The predicted octanol–water partition coefficient (Wildman–Crippen LogP) is 4.34. The molecule has 0 saturated heterocycles. The van der Waals surface area contributed by atoms with E-state index in [1.807, 2.05) is 91.0 Å². The lowest BCUT2D eigenvalue weighted by atomic mass is 9.76. The van der Waals surface area contributed by atoms with Gasteiger partial charge in [-0.25, -0.2) is 0 Å². The molecule has 190 valence electrons. The van der Waals surface area contributed by atoms with E-state index >= 15 is 0 Å². The van der Waals surface area contributed by atoms with Crippen molar-refractivity contribution in [3.63, 3.8) is 0 Å². The highest BCUT2D eigenvalue weighted by Gasteiger charge is 2.42. The number of nitrogens with zero attached hydrogens (tertiary/aromatic N) is 1. The maximum atomic E-state index is 13.1. The molecule has 38 heavy (non-hydrogen) atoms. The van der Waals surface area contributed by atoms with E-state index in [2.05, 4.69) is 5.32 Å². The number of ether oxygens (including phenoxy) is 1. The average molecular weight is 507 g/mol. The van der Waals surface area contributed by atoms with Gasteiger partial charge in [0.05, 0.1) is 23.8 Å². The number of rotatable bonds is 9. The van der Waals surface area contributed by atoms with E-state index in [1.165, 1.54) is 7.11 Å². The Hall–Kier alpha value is -4.59. The quantitative estimate of drug-likeness (QED) is 0.207. The van der Waals surface area contributed by atoms with Crippen LogP contribution in [0.4, 0.5) is 0 Å². The lowest BCUT2D eigenvalue weighted by molar-refractivity contribution is -0.151. The molecule has 2 amide bonds. The lowest BCUT2D eigenvalue weighted by Gasteiger charge is -2.39. The van der Waals surface area contributed by atoms with Gasteiger partial charge in [0.2, 0.25) is 0 Å². The third-order valence-corrected chi connectivity index (χ3v) is 6.62. The molecule has 1 aliphatic heterocycles. The first-order valence-electron chi connectivity index (χ1n) is 12.2. The first kappa shape index (κ1) is 25.1. The van der Waals surface area contributed by atoms with E-state index in [0.29, 0.717) is 5.06 Å². The van der Waals surface area contributed by atoms with Crippen molar-refractivity contribution in [1.29, 1.82) is 0 Å². The second-order valence-corrected chi connectivity index (χ2v) is 8.81. The summed E-state index contributed by atoms with van der Waals surface area (Å²) in [5.74, 6) is -1.75. The zero-order chi connectivity index (χ0) is 26.5. The molecule has 5 rings (SSSR count). The van der Waals surface area contributed by atoms with Crippen LogP contribution in [0.1, 0.15) is 37.4 Å². The second-order valence-electron chi connectivity index (χ2n) is 8.81. The minimum absolute atomic E-state index is 0.257. The molecule has 0 fully saturated rings. The Kier molecular flexibility index (Phi) is 7.13. The van der Waals surface area contributed by atoms with Crippen LogP contribution in [0.5, 0.6) is 0 Å². The van der Waals surface area contributed by atoms with Gasteiger partial charge in [-0.3, -0.25) is 24.5 Å². The van der Waals surface area contributed by atoms with Gasteiger partial charge in [-0.1, -0.05) is 103 Å². The summed E-state index contributed by atoms with van der Waals surface area (Å²) in [6.07, 6.45) is 0. The van der Waals surface area contributed by atoms with Crippen LogP contribution < -0.4 is 5.32 Å². The minimum Gasteiger partial charge on any atom is -0.468 e. The number of methoxy groups -OCH3 is 1. The molecule has 1 heterocycles. The first-order chi connectivity index (χ1) is 18.6. The number of hydrogen-bond donors (Lipinski definition) is 1. The molecule has 7 heteroatoms. The van der Waals surface area contributed by atoms with E-state index in [4.69, 9.17) is 9.57 Å². The molecule has 1 N–H and O–H groups in total. The van der Waals surface area contributed by atoms with Crippen LogP contribution in [0, 0.1) is 0 Å². The topological polar surface area (TPSA) is 84.9 Å². The summed E-state index contributed by atoms with van der Waals surface area (Å²) in [6, 6.07) is 34.7. The summed E-state index contributed by atoms with van der Waals surface area (Å²) in [5, 5.41) is 4.20. The third kappa shape index (κ3) is 4.49. The number of carbonyl (C=O) groups is 3. The Morgan fingerprint density at radius 1 is 0.711 bits per heavy atom. The van der Waals surface area contributed by atoms with Crippen molar-refractivity contribution >= 4 is 17.8 Å². The second kappa shape index (κ2) is 10.8. The van der Waals surface area contributed by atoms with Gasteiger partial charge >= 0.3 is 5.97 Å². The number of hydrogen-bond acceptors (Lipinski definition) is 6. The summed E-state index contributed by atoms with van der Waals surface area (Å²) in [6.45, 7) is -0.327. The van der Waals surface area contributed by atoms with Crippen molar-refractivity contribution in [2.24, 2.45) is 0 Å². The predicted molar refractivity (Wildman–Crippen MR) is 141 cm³/mol. The standard InChI is InChI=1S/C31H26N2O5/c1-37-30(36)27(21-38-33-28(34)25-19-11-12-20-26(25)29(33)35)32-31(22-13-5-2-6-14-22,23-15-7-3-8-16-23)24-17-9-4-10-18-24/h2-20,27,32H,21H2,1H3/t27-/m1/s1. The molecule has 0 spiro atoms. The van der Waals surface area contributed by atoms with Crippen LogP contribution in [-0.4, -0.2) is 42.6 Å². The van der Waals surface area contributed by atoms with E-state index in [9.17, 15) is 14.4 Å². The highest BCUT2D eigenvalue weighted by Crippen LogP contribution is 2.37. The zero-order valence-corrected chi connectivity index (χ0v) is 20.7. The Labute approximate surface area is 220 Å². The zero-order valence-electron chi connectivity index (χ0n) is 20.7. The van der Waals surface area contributed by atoms with Crippen LogP contribution in [0.15, 0.2) is 115 Å². The first-order valence-corrected chi connectivity index (χ1v) is 12.2. The fraction of sp³-hybridized carbons (Fsp3) is 0.129. The number of fused-ring (bicyclic) bond motifs is 1. The summed E-state index contributed by atoms with van der Waals surface area (Å²) in [4.78, 5) is 44.5. The smallest absolute Gasteiger partial charge is 0.325 e. The Balaban J connectivity index is 1.55. The normalized spacial score (nSPS) is 13.8. The molecule has 0 unspecified atom stereocenters. The number of amides is 2. The molecular weight excluding hydrogens is 480 g/mol. The molecule has 0 aromatic heterocycles. The fourth-order valence-electron chi connectivity index (χ4n) is 4.82. The van der Waals surface area contributed by atoms with Crippen LogP contribution in [0.2, 0.25) is 0 Å². The molecule has 0 radical (unpaired) electrons. The van der Waals surface area contributed by atoms with Crippen molar-refractivity contribution in [2.75, 3.05) is 13.7 Å². The molecule has 7 nitrogen and oxygen atoms in total. The van der Waals surface area contributed by atoms with Crippen molar-refractivity contribution < 1.29 is 24.0 Å². The highest BCUT2D eigenvalue weighted by atomic mass is 16.7. The minimum atomic E-state index is -1.05. The Morgan fingerprint density at radius 3 is 1.50 bits per heavy atom. The largest absolute Gasteiger partial charge is 0.468 e. The van der Waals surface area contributed by atoms with Gasteiger partial charge in [0.25, 0.3) is 11.8 Å². The van der Waals surface area contributed by atoms with E-state index < -0.39 is 29.4 Å². The van der Waals surface area contributed by atoms with Crippen molar-refractivity contribution in [3.8, 4) is 0 Å². The summed E-state index contributed by atoms with van der Waals surface area (Å²) >= 11 is 0. The van der Waals surface area contributed by atoms with Gasteiger partial charge in [0.1, 0.15) is 12.6 Å². The van der Waals surface area contributed by atoms with Gasteiger partial charge in [-0.05, 0) is 28.8 Å². The number of nitrogens with one attached hydrogen (secondary N) is 1. The number of carbonyl (C=O) groups excluding carboxylic acids is 3. The average Bonchev–Trinajstić information content (AvgIpc) is 3.23. The molecule has 4 aromatic rings. The number of imide groups is 1. The van der Waals surface area contributed by atoms with Gasteiger partial charge in [-0.15, -0.1) is 5.06 Å². The van der Waals surface area contributed by atoms with Crippen LogP contribution in [0.3, 0.4) is 0 Å². The van der Waals surface area contributed by atoms with Gasteiger partial charge in [0, 0.05) is 0 Å². The number of esters is 1. The monoisotopic (exact) mass is 506 g/mol. The molecule has 0 bridgehead atoms. The van der Waals surface area contributed by atoms with Gasteiger partial charge in [0.15, 0.2) is 0 Å². The number of hydroxylamine groups is 2. The molecule has 0 aliphatic carbocycles. The molecule has 1 atom stereocenters. The van der Waals surface area contributed by atoms with Crippen molar-refractivity contribution in [3.05, 3.63) is 143 Å². The van der Waals surface area contributed by atoms with Crippen LogP contribution >= 0.6 is 0 Å². The summed E-state index contributed by atoms with van der Waals surface area (Å²) in [5.41, 5.74) is 2.17. The maximum Gasteiger partial charge on any atom is 0.325 e. The molecule has 1 aliphatic rings. The summed E-state index contributed by atoms with van der Waals surface area (Å²) in [7, 11) is 1.29.